The van der Waals surface area contributed by atoms with Gasteiger partial charge in [0.05, 0.1) is 0 Å². The van der Waals surface area contributed by atoms with E-state index in [1.807, 2.05) is 65.6 Å². The molecule has 2 rings (SSSR count). The predicted molar refractivity (Wildman–Crippen MR) is 96.4 cm³/mol. The number of hydrogen-bond donors (Lipinski definition) is 1. The minimum Gasteiger partial charge on any atom is -0.328 e. The van der Waals surface area contributed by atoms with Crippen molar-refractivity contribution in [2.45, 2.75) is 19.8 Å². The zero-order valence-electron chi connectivity index (χ0n) is 12.7. The lowest BCUT2D eigenvalue weighted by atomic mass is 10.2. The molecule has 0 aliphatic rings. The molecule has 0 heterocycles. The van der Waals surface area contributed by atoms with Gasteiger partial charge in [-0.1, -0.05) is 62.0 Å². The van der Waals surface area contributed by atoms with Gasteiger partial charge in [-0.2, -0.15) is 0 Å². The van der Waals surface area contributed by atoms with Crippen LogP contribution in [0.15, 0.2) is 60.7 Å². The van der Waals surface area contributed by atoms with Gasteiger partial charge in [0.25, 0.3) is 5.91 Å². The van der Waals surface area contributed by atoms with Crippen molar-refractivity contribution in [2.75, 3.05) is 16.8 Å². The van der Waals surface area contributed by atoms with Crippen molar-refractivity contribution in [3.63, 3.8) is 0 Å². The second-order valence-corrected chi connectivity index (χ2v) is 5.35. The van der Waals surface area contributed by atoms with Crippen LogP contribution >= 0.6 is 12.2 Å². The quantitative estimate of drug-likeness (QED) is 0.837. The third-order valence-electron chi connectivity index (χ3n) is 3.27. The first-order chi connectivity index (χ1) is 10.7. The summed E-state index contributed by atoms with van der Waals surface area (Å²) in [7, 11) is 0. The number of amides is 1. The van der Waals surface area contributed by atoms with Crippen LogP contribution in [0.2, 0.25) is 0 Å². The van der Waals surface area contributed by atoms with Crippen LogP contribution in [-0.2, 0) is 4.79 Å². The molecule has 0 fully saturated rings. The molecule has 3 nitrogen and oxygen atoms in total. The SMILES string of the molecule is CCCCN(C(=S)C(=O)Nc1ccccc1)c1ccccc1. The number of hydrogen-bond acceptors (Lipinski definition) is 2. The molecular weight excluding hydrogens is 292 g/mol. The van der Waals surface area contributed by atoms with Gasteiger partial charge in [-0.15, -0.1) is 0 Å². The fourth-order valence-electron chi connectivity index (χ4n) is 2.10. The number of unbranched alkanes of at least 4 members (excludes halogenated alkanes) is 1. The molecule has 0 unspecified atom stereocenters. The highest BCUT2D eigenvalue weighted by Gasteiger charge is 2.18. The lowest BCUT2D eigenvalue weighted by Crippen LogP contribution is -2.39. The largest absolute Gasteiger partial charge is 0.328 e. The molecule has 2 aromatic carbocycles. The molecule has 0 aromatic heterocycles. The number of carbonyl (C=O) groups excluding carboxylic acids is 1. The van der Waals surface area contributed by atoms with Gasteiger partial charge < -0.3 is 10.2 Å². The highest BCUT2D eigenvalue weighted by atomic mass is 32.1. The molecule has 4 heteroatoms. The molecule has 0 atom stereocenters. The first-order valence-electron chi connectivity index (χ1n) is 7.45. The number of para-hydroxylation sites is 2. The predicted octanol–water partition coefficient (Wildman–Crippen LogP) is 4.26. The summed E-state index contributed by atoms with van der Waals surface area (Å²) in [6.07, 6.45) is 2.03. The number of rotatable bonds is 5. The summed E-state index contributed by atoms with van der Waals surface area (Å²) < 4.78 is 0. The number of nitrogens with one attached hydrogen (secondary N) is 1. The molecule has 0 radical (unpaired) electrons. The molecule has 22 heavy (non-hydrogen) atoms. The lowest BCUT2D eigenvalue weighted by molar-refractivity contribution is -0.110. The Hall–Kier alpha value is -2.20. The molecule has 0 saturated heterocycles. The van der Waals surface area contributed by atoms with E-state index in [-0.39, 0.29) is 5.91 Å². The summed E-state index contributed by atoms with van der Waals surface area (Å²) in [5, 5.41) is 2.85. The van der Waals surface area contributed by atoms with Gasteiger partial charge in [0, 0.05) is 17.9 Å². The van der Waals surface area contributed by atoms with E-state index in [0.717, 1.165) is 30.8 Å². The van der Waals surface area contributed by atoms with Crippen LogP contribution in [0.1, 0.15) is 19.8 Å². The number of benzene rings is 2. The molecule has 0 bridgehead atoms. The molecule has 1 amide bonds. The molecule has 114 valence electrons. The Morgan fingerprint density at radius 2 is 1.64 bits per heavy atom. The fourth-order valence-corrected chi connectivity index (χ4v) is 2.35. The summed E-state index contributed by atoms with van der Waals surface area (Å²) in [5.41, 5.74) is 1.70. The number of carbonyl (C=O) groups is 1. The van der Waals surface area contributed by atoms with Gasteiger partial charge >= 0.3 is 0 Å². The Labute approximate surface area is 137 Å². The van der Waals surface area contributed by atoms with Gasteiger partial charge in [0.15, 0.2) is 4.99 Å². The van der Waals surface area contributed by atoms with Gasteiger partial charge in [-0.3, -0.25) is 4.79 Å². The first-order valence-corrected chi connectivity index (χ1v) is 7.86. The van der Waals surface area contributed by atoms with Crippen LogP contribution in [0.3, 0.4) is 0 Å². The van der Waals surface area contributed by atoms with E-state index >= 15 is 0 Å². The van der Waals surface area contributed by atoms with E-state index in [4.69, 9.17) is 12.2 Å². The third kappa shape index (κ3) is 4.40. The van der Waals surface area contributed by atoms with Crippen LogP contribution in [0.5, 0.6) is 0 Å². The highest BCUT2D eigenvalue weighted by Crippen LogP contribution is 2.16. The Morgan fingerprint density at radius 3 is 2.23 bits per heavy atom. The second-order valence-electron chi connectivity index (χ2n) is 4.97. The summed E-state index contributed by atoms with van der Waals surface area (Å²) in [6, 6.07) is 19.2. The summed E-state index contributed by atoms with van der Waals surface area (Å²) in [6.45, 7) is 2.86. The van der Waals surface area contributed by atoms with Crippen LogP contribution in [0.25, 0.3) is 0 Å². The average Bonchev–Trinajstić information content (AvgIpc) is 2.57. The van der Waals surface area contributed by atoms with Crippen molar-refractivity contribution in [2.24, 2.45) is 0 Å². The zero-order chi connectivity index (χ0) is 15.8. The molecule has 0 aliphatic heterocycles. The van der Waals surface area contributed by atoms with E-state index in [9.17, 15) is 4.79 Å². The van der Waals surface area contributed by atoms with Crippen molar-refractivity contribution >= 4 is 34.5 Å². The smallest absolute Gasteiger partial charge is 0.283 e. The van der Waals surface area contributed by atoms with Crippen molar-refractivity contribution < 1.29 is 4.79 Å². The van der Waals surface area contributed by atoms with Crippen molar-refractivity contribution in [1.82, 2.24) is 0 Å². The zero-order valence-corrected chi connectivity index (χ0v) is 13.5. The molecule has 0 aliphatic carbocycles. The van der Waals surface area contributed by atoms with Crippen LogP contribution in [0.4, 0.5) is 11.4 Å². The molecule has 0 spiro atoms. The molecule has 1 N–H and O–H groups in total. The Morgan fingerprint density at radius 1 is 1.05 bits per heavy atom. The van der Waals surface area contributed by atoms with E-state index < -0.39 is 0 Å². The van der Waals surface area contributed by atoms with Crippen LogP contribution in [-0.4, -0.2) is 17.4 Å². The number of anilines is 2. The Kier molecular flexibility index (Phi) is 6.10. The number of thiocarbonyl (C=S) groups is 1. The van der Waals surface area contributed by atoms with E-state index in [0.29, 0.717) is 4.99 Å². The molecule has 0 saturated carbocycles. The van der Waals surface area contributed by atoms with Gasteiger partial charge in [-0.25, -0.2) is 0 Å². The maximum absolute atomic E-state index is 12.4. The van der Waals surface area contributed by atoms with Crippen molar-refractivity contribution in [1.29, 1.82) is 0 Å². The average molecular weight is 312 g/mol. The van der Waals surface area contributed by atoms with Gasteiger partial charge in [-0.05, 0) is 30.7 Å². The Bertz CT molecular complexity index is 613. The fraction of sp³-hybridized carbons (Fsp3) is 0.222. The monoisotopic (exact) mass is 312 g/mol. The first kappa shape index (κ1) is 16.2. The lowest BCUT2D eigenvalue weighted by Gasteiger charge is -2.24. The van der Waals surface area contributed by atoms with E-state index in [2.05, 4.69) is 12.2 Å². The van der Waals surface area contributed by atoms with Gasteiger partial charge in [0.2, 0.25) is 0 Å². The van der Waals surface area contributed by atoms with Crippen LogP contribution < -0.4 is 10.2 Å². The normalized spacial score (nSPS) is 10.0. The van der Waals surface area contributed by atoms with Gasteiger partial charge in [0.1, 0.15) is 0 Å². The minimum absolute atomic E-state index is 0.249. The van der Waals surface area contributed by atoms with Crippen LogP contribution in [0, 0.1) is 0 Å². The topological polar surface area (TPSA) is 32.3 Å². The second kappa shape index (κ2) is 8.29. The maximum Gasteiger partial charge on any atom is 0.283 e. The standard InChI is InChI=1S/C18H20N2OS/c1-2-3-14-20(16-12-8-5-9-13-16)18(22)17(21)19-15-10-6-4-7-11-15/h4-13H,2-3,14H2,1H3,(H,19,21). The van der Waals surface area contributed by atoms with E-state index in [1.54, 1.807) is 0 Å². The Balaban J connectivity index is 2.13. The van der Waals surface area contributed by atoms with E-state index in [1.165, 1.54) is 0 Å². The summed E-state index contributed by atoms with van der Waals surface area (Å²) in [4.78, 5) is 14.6. The minimum atomic E-state index is -0.249. The maximum atomic E-state index is 12.4. The number of nitrogens with zero attached hydrogens (tertiary/aromatic N) is 1. The summed E-state index contributed by atoms with van der Waals surface area (Å²) in [5.74, 6) is -0.249. The highest BCUT2D eigenvalue weighted by molar-refractivity contribution is 7.82. The molecular formula is C18H20N2OS. The van der Waals surface area contributed by atoms with Crippen molar-refractivity contribution in [3.05, 3.63) is 60.7 Å². The molecule has 2 aromatic rings. The van der Waals surface area contributed by atoms with Crippen molar-refractivity contribution in [3.8, 4) is 0 Å². The third-order valence-corrected chi connectivity index (χ3v) is 3.68. The summed E-state index contributed by atoms with van der Waals surface area (Å²) >= 11 is 5.41.